The standard InChI is InChI=1S/C22H24FN7O2/c1-22(2,3)32-21(31)29-8-4-5-16(13-29)27-19-14(9-24)10-26-20(28-19)17-11-25-18-7-6-15(23)12-30(17)18/h6-7,10-12,16H,4-5,8,13H2,1-3H3,(H,26,27,28). The molecule has 0 aliphatic carbocycles. The Hall–Kier alpha value is -3.74. The summed E-state index contributed by atoms with van der Waals surface area (Å²) in [5.41, 5.74) is 0.777. The van der Waals surface area contributed by atoms with E-state index in [1.165, 1.54) is 18.5 Å². The lowest BCUT2D eigenvalue weighted by Gasteiger charge is -2.34. The zero-order valence-corrected chi connectivity index (χ0v) is 18.2. The minimum Gasteiger partial charge on any atom is -0.444 e. The van der Waals surface area contributed by atoms with Crippen LogP contribution >= 0.6 is 0 Å². The van der Waals surface area contributed by atoms with Crippen molar-refractivity contribution in [1.82, 2.24) is 24.3 Å². The van der Waals surface area contributed by atoms with Crippen LogP contribution in [-0.2, 0) is 4.74 Å². The maximum Gasteiger partial charge on any atom is 0.410 e. The summed E-state index contributed by atoms with van der Waals surface area (Å²) in [5, 5.41) is 12.8. The number of amides is 1. The molecule has 1 unspecified atom stereocenters. The number of rotatable bonds is 3. The van der Waals surface area contributed by atoms with Gasteiger partial charge >= 0.3 is 6.09 Å². The van der Waals surface area contributed by atoms with Crippen LogP contribution in [0.1, 0.15) is 39.2 Å². The van der Waals surface area contributed by atoms with Gasteiger partial charge in [0.15, 0.2) is 5.82 Å². The van der Waals surface area contributed by atoms with Gasteiger partial charge in [0.05, 0.1) is 12.4 Å². The van der Waals surface area contributed by atoms with Crippen molar-refractivity contribution in [1.29, 1.82) is 5.26 Å². The van der Waals surface area contributed by atoms with Crippen molar-refractivity contribution in [3.05, 3.63) is 42.1 Å². The molecule has 0 saturated carbocycles. The second-order valence-electron chi connectivity index (χ2n) is 8.70. The zero-order valence-electron chi connectivity index (χ0n) is 18.2. The number of halogens is 1. The van der Waals surface area contributed by atoms with Gasteiger partial charge < -0.3 is 15.0 Å². The SMILES string of the molecule is CC(C)(C)OC(=O)N1CCCC(Nc2nc(-c3cnc4ccc(F)cn34)ncc2C#N)C1. The number of aromatic nitrogens is 4. The summed E-state index contributed by atoms with van der Waals surface area (Å²) in [4.78, 5) is 27.2. The van der Waals surface area contributed by atoms with E-state index in [-0.39, 0.29) is 17.7 Å². The number of nitriles is 1. The number of likely N-dealkylation sites (tertiary alicyclic amines) is 1. The van der Waals surface area contributed by atoms with Gasteiger partial charge in [0.1, 0.15) is 40.2 Å². The van der Waals surface area contributed by atoms with Crippen molar-refractivity contribution in [2.45, 2.75) is 45.3 Å². The molecule has 3 aromatic rings. The Balaban J connectivity index is 1.58. The zero-order chi connectivity index (χ0) is 22.9. The molecule has 0 bridgehead atoms. The number of fused-ring (bicyclic) bond motifs is 1. The first-order chi connectivity index (χ1) is 15.2. The highest BCUT2D eigenvalue weighted by molar-refractivity contribution is 5.68. The van der Waals surface area contributed by atoms with E-state index in [0.717, 1.165) is 12.8 Å². The minimum absolute atomic E-state index is 0.106. The molecule has 0 aromatic carbocycles. The quantitative estimate of drug-likeness (QED) is 0.667. The van der Waals surface area contributed by atoms with Gasteiger partial charge in [0.2, 0.25) is 0 Å². The predicted molar refractivity (Wildman–Crippen MR) is 115 cm³/mol. The number of ether oxygens (including phenoxy) is 1. The summed E-state index contributed by atoms with van der Waals surface area (Å²) >= 11 is 0. The summed E-state index contributed by atoms with van der Waals surface area (Å²) in [6.07, 6.45) is 5.54. The molecule has 0 spiro atoms. The van der Waals surface area contributed by atoms with Crippen molar-refractivity contribution >= 4 is 17.6 Å². The minimum atomic E-state index is -0.569. The third-order valence-electron chi connectivity index (χ3n) is 5.02. The highest BCUT2D eigenvalue weighted by atomic mass is 19.1. The van der Waals surface area contributed by atoms with Crippen LogP contribution in [-0.4, -0.2) is 55.1 Å². The fraction of sp³-hybridized carbons (Fsp3) is 0.409. The number of nitrogens with zero attached hydrogens (tertiary/aromatic N) is 6. The molecule has 1 N–H and O–H groups in total. The van der Waals surface area contributed by atoms with Gasteiger partial charge in [-0.3, -0.25) is 4.40 Å². The molecular formula is C22H24FN7O2. The molecule has 0 radical (unpaired) electrons. The molecule has 1 aliphatic heterocycles. The first kappa shape index (κ1) is 21.5. The number of pyridine rings is 1. The fourth-order valence-electron chi connectivity index (χ4n) is 3.60. The molecule has 1 saturated heterocycles. The molecule has 166 valence electrons. The third-order valence-corrected chi connectivity index (χ3v) is 5.02. The van der Waals surface area contributed by atoms with E-state index in [9.17, 15) is 14.4 Å². The van der Waals surface area contributed by atoms with Crippen LogP contribution in [0.5, 0.6) is 0 Å². The van der Waals surface area contributed by atoms with Gasteiger partial charge in [-0.25, -0.2) is 24.1 Å². The molecule has 4 rings (SSSR count). The molecule has 9 nitrogen and oxygen atoms in total. The molecule has 1 amide bonds. The Labute approximate surface area is 184 Å². The van der Waals surface area contributed by atoms with Crippen LogP contribution in [0.15, 0.2) is 30.7 Å². The Kier molecular flexibility index (Phi) is 5.65. The smallest absolute Gasteiger partial charge is 0.410 e. The van der Waals surface area contributed by atoms with Gasteiger partial charge in [-0.2, -0.15) is 5.26 Å². The largest absolute Gasteiger partial charge is 0.444 e. The predicted octanol–water partition coefficient (Wildman–Crippen LogP) is 3.61. The highest BCUT2D eigenvalue weighted by Crippen LogP contribution is 2.23. The first-order valence-electron chi connectivity index (χ1n) is 10.4. The van der Waals surface area contributed by atoms with Crippen LogP contribution < -0.4 is 5.32 Å². The monoisotopic (exact) mass is 437 g/mol. The van der Waals surface area contributed by atoms with E-state index in [1.807, 2.05) is 20.8 Å². The van der Waals surface area contributed by atoms with Crippen molar-refractivity contribution in [3.8, 4) is 17.6 Å². The molecular weight excluding hydrogens is 413 g/mol. The molecule has 10 heteroatoms. The number of hydrogen-bond donors (Lipinski definition) is 1. The number of hydrogen-bond acceptors (Lipinski definition) is 7. The highest BCUT2D eigenvalue weighted by Gasteiger charge is 2.28. The van der Waals surface area contributed by atoms with Gasteiger partial charge in [-0.15, -0.1) is 0 Å². The van der Waals surface area contributed by atoms with Crippen molar-refractivity contribution in [2.24, 2.45) is 0 Å². The summed E-state index contributed by atoms with van der Waals surface area (Å²) < 4.78 is 20.8. The molecule has 1 atom stereocenters. The number of carbonyl (C=O) groups excluding carboxylic acids is 1. The number of imidazole rings is 1. The molecule has 32 heavy (non-hydrogen) atoms. The molecule has 1 aliphatic rings. The fourth-order valence-corrected chi connectivity index (χ4v) is 3.60. The summed E-state index contributed by atoms with van der Waals surface area (Å²) in [6, 6.07) is 4.88. The van der Waals surface area contributed by atoms with Gasteiger partial charge in [-0.1, -0.05) is 0 Å². The van der Waals surface area contributed by atoms with E-state index < -0.39 is 11.4 Å². The third kappa shape index (κ3) is 4.61. The molecule has 4 heterocycles. The van der Waals surface area contributed by atoms with Crippen molar-refractivity contribution < 1.29 is 13.9 Å². The average molecular weight is 437 g/mol. The second kappa shape index (κ2) is 8.42. The maximum absolute atomic E-state index is 13.7. The maximum atomic E-state index is 13.7. The van der Waals surface area contributed by atoms with Gasteiger partial charge in [0.25, 0.3) is 0 Å². The lowest BCUT2D eigenvalue weighted by molar-refractivity contribution is 0.0206. The topological polar surface area (TPSA) is 108 Å². The van der Waals surface area contributed by atoms with Crippen LogP contribution in [0.25, 0.3) is 17.2 Å². The van der Waals surface area contributed by atoms with E-state index in [2.05, 4.69) is 26.3 Å². The average Bonchev–Trinajstić information content (AvgIpc) is 3.15. The Bertz CT molecular complexity index is 1200. The van der Waals surface area contributed by atoms with E-state index in [4.69, 9.17) is 4.74 Å². The van der Waals surface area contributed by atoms with E-state index in [1.54, 1.807) is 21.6 Å². The summed E-state index contributed by atoms with van der Waals surface area (Å²) in [5.74, 6) is 0.262. The summed E-state index contributed by atoms with van der Waals surface area (Å²) in [6.45, 7) is 6.54. The lowest BCUT2D eigenvalue weighted by Crippen LogP contribution is -2.47. The number of piperidine rings is 1. The van der Waals surface area contributed by atoms with Crippen LogP contribution in [0.4, 0.5) is 15.0 Å². The normalized spacial score (nSPS) is 16.6. The van der Waals surface area contributed by atoms with Crippen LogP contribution in [0, 0.1) is 17.1 Å². The number of anilines is 1. The number of nitrogens with one attached hydrogen (secondary N) is 1. The second-order valence-corrected chi connectivity index (χ2v) is 8.70. The number of carbonyl (C=O) groups is 1. The van der Waals surface area contributed by atoms with Crippen LogP contribution in [0.3, 0.4) is 0 Å². The van der Waals surface area contributed by atoms with E-state index >= 15 is 0 Å². The Morgan fingerprint density at radius 3 is 2.88 bits per heavy atom. The van der Waals surface area contributed by atoms with E-state index in [0.29, 0.717) is 36.1 Å². The van der Waals surface area contributed by atoms with Crippen LogP contribution in [0.2, 0.25) is 0 Å². The van der Waals surface area contributed by atoms with Crippen molar-refractivity contribution in [3.63, 3.8) is 0 Å². The van der Waals surface area contributed by atoms with Gasteiger partial charge in [0, 0.05) is 25.3 Å². The summed E-state index contributed by atoms with van der Waals surface area (Å²) in [7, 11) is 0. The molecule has 3 aromatic heterocycles. The molecule has 1 fully saturated rings. The lowest BCUT2D eigenvalue weighted by atomic mass is 10.1. The van der Waals surface area contributed by atoms with Gasteiger partial charge in [-0.05, 0) is 45.7 Å². The first-order valence-corrected chi connectivity index (χ1v) is 10.4. The van der Waals surface area contributed by atoms with Crippen molar-refractivity contribution in [2.75, 3.05) is 18.4 Å². The Morgan fingerprint density at radius 2 is 2.12 bits per heavy atom. The Morgan fingerprint density at radius 1 is 1.31 bits per heavy atom.